The Bertz CT molecular complexity index is 751. The molecule has 0 saturated carbocycles. The van der Waals surface area contributed by atoms with Gasteiger partial charge >= 0.3 is 0 Å². The van der Waals surface area contributed by atoms with Gasteiger partial charge in [-0.05, 0) is 37.5 Å². The largest absolute Gasteiger partial charge is 0.454 e. The molecule has 2 aliphatic heterocycles. The van der Waals surface area contributed by atoms with Crippen molar-refractivity contribution >= 4 is 16.0 Å². The lowest BCUT2D eigenvalue weighted by molar-refractivity contribution is 0.174. The lowest BCUT2D eigenvalue weighted by Gasteiger charge is -2.14. The summed E-state index contributed by atoms with van der Waals surface area (Å²) in [4.78, 5) is 4.48. The van der Waals surface area contributed by atoms with E-state index in [1.165, 1.54) is 4.31 Å². The molecule has 2 N–H and O–H groups in total. The topological polar surface area (TPSA) is 92.3 Å². The molecule has 0 unspecified atom stereocenters. The summed E-state index contributed by atoms with van der Waals surface area (Å²) in [5, 5.41) is 6.46. The summed E-state index contributed by atoms with van der Waals surface area (Å²) in [6.07, 6.45) is 1.53. The predicted molar refractivity (Wildman–Crippen MR) is 100 cm³/mol. The van der Waals surface area contributed by atoms with Crippen molar-refractivity contribution in [3.8, 4) is 11.5 Å². The van der Waals surface area contributed by atoms with Crippen molar-refractivity contribution in [2.24, 2.45) is 4.99 Å². The number of nitrogens with zero attached hydrogens (tertiary/aromatic N) is 2. The average molecular weight is 382 g/mol. The Morgan fingerprint density at radius 3 is 2.88 bits per heavy atom. The number of ether oxygens (including phenoxy) is 2. The minimum Gasteiger partial charge on any atom is -0.454 e. The van der Waals surface area contributed by atoms with E-state index in [9.17, 15) is 8.42 Å². The molecule has 2 aliphatic rings. The van der Waals surface area contributed by atoms with Crippen LogP contribution in [0.4, 0.5) is 0 Å². The number of guanidine groups is 1. The third-order valence-electron chi connectivity index (χ3n) is 4.31. The maximum Gasteiger partial charge on any atom is 0.231 e. The van der Waals surface area contributed by atoms with Gasteiger partial charge in [-0.1, -0.05) is 6.07 Å². The van der Waals surface area contributed by atoms with Gasteiger partial charge in [0.1, 0.15) is 0 Å². The van der Waals surface area contributed by atoms with Crippen molar-refractivity contribution in [3.63, 3.8) is 0 Å². The second-order valence-corrected chi connectivity index (χ2v) is 8.28. The van der Waals surface area contributed by atoms with Gasteiger partial charge in [0.05, 0.1) is 12.3 Å². The first-order valence-corrected chi connectivity index (χ1v) is 10.6. The van der Waals surface area contributed by atoms with E-state index in [4.69, 9.17) is 9.47 Å². The van der Waals surface area contributed by atoms with Gasteiger partial charge in [-0.3, -0.25) is 4.99 Å². The molecule has 0 amide bonds. The number of rotatable bonds is 7. The molecule has 144 valence electrons. The Labute approximate surface area is 154 Å². The molecule has 0 aromatic heterocycles. The zero-order valence-electron chi connectivity index (χ0n) is 15.0. The average Bonchev–Trinajstić information content (AvgIpc) is 3.20. The second-order valence-electron chi connectivity index (χ2n) is 6.19. The SMILES string of the molecule is CCNC(=NCCN1CCCS1(=O)=O)NCCc1ccc2c(c1)OCO2. The lowest BCUT2D eigenvalue weighted by atomic mass is 10.1. The van der Waals surface area contributed by atoms with Crippen LogP contribution in [0.2, 0.25) is 0 Å². The van der Waals surface area contributed by atoms with Crippen LogP contribution in [0.3, 0.4) is 0 Å². The molecule has 1 aromatic carbocycles. The van der Waals surface area contributed by atoms with E-state index in [1.807, 2.05) is 25.1 Å². The summed E-state index contributed by atoms with van der Waals surface area (Å²) in [7, 11) is -3.05. The van der Waals surface area contributed by atoms with Gasteiger partial charge < -0.3 is 20.1 Å². The van der Waals surface area contributed by atoms with Crippen molar-refractivity contribution in [3.05, 3.63) is 23.8 Å². The Balaban J connectivity index is 1.47. The Kier molecular flexibility index (Phi) is 6.20. The minimum atomic E-state index is -3.05. The van der Waals surface area contributed by atoms with E-state index in [0.29, 0.717) is 38.6 Å². The van der Waals surface area contributed by atoms with Gasteiger partial charge in [0, 0.05) is 26.2 Å². The smallest absolute Gasteiger partial charge is 0.231 e. The molecule has 0 radical (unpaired) electrons. The Morgan fingerprint density at radius 2 is 2.12 bits per heavy atom. The van der Waals surface area contributed by atoms with Crippen LogP contribution >= 0.6 is 0 Å². The molecule has 1 fully saturated rings. The molecule has 0 atom stereocenters. The first-order chi connectivity index (χ1) is 12.6. The van der Waals surface area contributed by atoms with Crippen LogP contribution in [0, 0.1) is 0 Å². The highest BCUT2D eigenvalue weighted by Gasteiger charge is 2.27. The fourth-order valence-corrected chi connectivity index (χ4v) is 4.50. The van der Waals surface area contributed by atoms with Crippen LogP contribution in [0.5, 0.6) is 11.5 Å². The van der Waals surface area contributed by atoms with E-state index in [1.54, 1.807) is 0 Å². The number of nitrogens with one attached hydrogen (secondary N) is 2. The second kappa shape index (κ2) is 8.59. The van der Waals surface area contributed by atoms with Crippen LogP contribution in [0.25, 0.3) is 0 Å². The highest BCUT2D eigenvalue weighted by Crippen LogP contribution is 2.32. The lowest BCUT2D eigenvalue weighted by Crippen LogP contribution is -2.39. The molecule has 0 bridgehead atoms. The van der Waals surface area contributed by atoms with Gasteiger partial charge in [0.15, 0.2) is 17.5 Å². The van der Waals surface area contributed by atoms with Gasteiger partial charge in [0.25, 0.3) is 0 Å². The Hall–Kier alpha value is -2.00. The molecular formula is C17H26N4O4S. The zero-order chi connectivity index (χ0) is 18.4. The third kappa shape index (κ3) is 4.79. The molecule has 26 heavy (non-hydrogen) atoms. The maximum atomic E-state index is 11.8. The van der Waals surface area contributed by atoms with Gasteiger partial charge in [-0.2, -0.15) is 0 Å². The molecule has 9 heteroatoms. The molecule has 2 heterocycles. The van der Waals surface area contributed by atoms with Crippen LogP contribution in [-0.2, 0) is 16.4 Å². The first kappa shape index (κ1) is 18.8. The van der Waals surface area contributed by atoms with Gasteiger partial charge in [-0.25, -0.2) is 12.7 Å². The fraction of sp³-hybridized carbons (Fsp3) is 0.588. The molecule has 3 rings (SSSR count). The quantitative estimate of drug-likeness (QED) is 0.529. The third-order valence-corrected chi connectivity index (χ3v) is 6.27. The van der Waals surface area contributed by atoms with Crippen LogP contribution in [-0.4, -0.2) is 64.0 Å². The number of fused-ring (bicyclic) bond motifs is 1. The first-order valence-electron chi connectivity index (χ1n) is 8.97. The van der Waals surface area contributed by atoms with Crippen LogP contribution in [0.1, 0.15) is 18.9 Å². The molecule has 0 aliphatic carbocycles. The summed E-state index contributed by atoms with van der Waals surface area (Å²) in [5.74, 6) is 2.53. The van der Waals surface area contributed by atoms with Crippen molar-refractivity contribution < 1.29 is 17.9 Å². The van der Waals surface area contributed by atoms with Crippen molar-refractivity contribution in [1.82, 2.24) is 14.9 Å². The van der Waals surface area contributed by atoms with E-state index >= 15 is 0 Å². The van der Waals surface area contributed by atoms with E-state index < -0.39 is 10.0 Å². The fourth-order valence-electron chi connectivity index (χ4n) is 2.98. The number of aliphatic imine (C=N–C) groups is 1. The van der Waals surface area contributed by atoms with Gasteiger partial charge in [0.2, 0.25) is 16.8 Å². The predicted octanol–water partition coefficient (Wildman–Crippen LogP) is 0.548. The molecular weight excluding hydrogens is 356 g/mol. The zero-order valence-corrected chi connectivity index (χ0v) is 15.8. The van der Waals surface area contributed by atoms with Gasteiger partial charge in [-0.15, -0.1) is 0 Å². The summed E-state index contributed by atoms with van der Waals surface area (Å²) in [6.45, 7) is 5.22. The molecule has 1 aromatic rings. The van der Waals surface area contributed by atoms with Crippen LogP contribution < -0.4 is 20.1 Å². The van der Waals surface area contributed by atoms with Crippen molar-refractivity contribution in [1.29, 1.82) is 0 Å². The monoisotopic (exact) mass is 382 g/mol. The summed E-state index contributed by atoms with van der Waals surface area (Å²) in [5.41, 5.74) is 1.15. The summed E-state index contributed by atoms with van der Waals surface area (Å²) in [6, 6.07) is 5.94. The molecule has 1 saturated heterocycles. The highest BCUT2D eigenvalue weighted by molar-refractivity contribution is 7.89. The standard InChI is InChI=1S/C17H26N4O4S/c1-2-18-17(20-8-10-21-9-3-11-26(21,22)23)19-7-6-14-4-5-15-16(12-14)25-13-24-15/h4-5,12H,2-3,6-11,13H2,1H3,(H2,18,19,20). The minimum absolute atomic E-state index is 0.255. The number of benzene rings is 1. The van der Waals surface area contributed by atoms with Crippen molar-refractivity contribution in [2.75, 3.05) is 45.3 Å². The number of sulfonamides is 1. The van der Waals surface area contributed by atoms with E-state index in [0.717, 1.165) is 30.0 Å². The van der Waals surface area contributed by atoms with Crippen LogP contribution in [0.15, 0.2) is 23.2 Å². The summed E-state index contributed by atoms with van der Waals surface area (Å²) >= 11 is 0. The molecule has 0 spiro atoms. The maximum absolute atomic E-state index is 11.8. The number of hydrogen-bond donors (Lipinski definition) is 2. The highest BCUT2D eigenvalue weighted by atomic mass is 32.2. The van der Waals surface area contributed by atoms with E-state index in [-0.39, 0.29) is 12.5 Å². The molecule has 8 nitrogen and oxygen atoms in total. The number of hydrogen-bond acceptors (Lipinski definition) is 5. The Morgan fingerprint density at radius 1 is 1.27 bits per heavy atom. The van der Waals surface area contributed by atoms with E-state index in [2.05, 4.69) is 15.6 Å². The summed E-state index contributed by atoms with van der Waals surface area (Å²) < 4.78 is 35.8. The normalized spacial score (nSPS) is 18.9. The van der Waals surface area contributed by atoms with Crippen molar-refractivity contribution in [2.45, 2.75) is 19.8 Å².